The van der Waals surface area contributed by atoms with Gasteiger partial charge in [0, 0.05) is 17.3 Å². The summed E-state index contributed by atoms with van der Waals surface area (Å²) in [5, 5.41) is 0. The van der Waals surface area contributed by atoms with Crippen LogP contribution in [0.2, 0.25) is 0 Å². The fourth-order valence-electron chi connectivity index (χ4n) is 1.30. The molecule has 0 bridgehead atoms. The quantitative estimate of drug-likeness (QED) is 0.751. The Kier molecular flexibility index (Phi) is 4.08. The Bertz CT molecular complexity index is 355. The van der Waals surface area contributed by atoms with E-state index in [4.69, 9.17) is 0 Å². The van der Waals surface area contributed by atoms with E-state index in [0.29, 0.717) is 12.8 Å². The van der Waals surface area contributed by atoms with Gasteiger partial charge in [0.05, 0.1) is 0 Å². The average molecular weight is 253 g/mol. The highest BCUT2D eigenvalue weighted by Gasteiger charge is 2.04. The van der Waals surface area contributed by atoms with Crippen LogP contribution in [-0.2, 0) is 11.2 Å². The highest BCUT2D eigenvalue weighted by Crippen LogP contribution is 2.16. The van der Waals surface area contributed by atoms with Crippen LogP contribution in [0.1, 0.15) is 17.5 Å². The van der Waals surface area contributed by atoms with E-state index in [0.717, 1.165) is 15.6 Å². The van der Waals surface area contributed by atoms with Gasteiger partial charge in [0.15, 0.2) is 0 Å². The third-order valence-electron chi connectivity index (χ3n) is 2.06. The number of hydrogen-bond donors (Lipinski definition) is 0. The molecule has 0 aliphatic carbocycles. The van der Waals surface area contributed by atoms with Gasteiger partial charge in [-0.3, -0.25) is 4.79 Å². The van der Waals surface area contributed by atoms with Crippen LogP contribution in [0.5, 0.6) is 0 Å². The molecule has 0 spiro atoms. The van der Waals surface area contributed by atoms with Crippen molar-refractivity contribution >= 4 is 21.7 Å². The number of Topliss-reactive ketones (excluding diaryl/α,β-unsaturated/α-hetero) is 1. The zero-order chi connectivity index (χ0) is 10.6. The van der Waals surface area contributed by atoms with Gasteiger partial charge in [-0.15, -0.1) is 6.58 Å². The Labute approximate surface area is 93.0 Å². The highest BCUT2D eigenvalue weighted by molar-refractivity contribution is 9.10. The van der Waals surface area contributed by atoms with Gasteiger partial charge >= 0.3 is 0 Å². The number of allylic oxidation sites excluding steroid dienone is 1. The molecule has 0 radical (unpaired) electrons. The van der Waals surface area contributed by atoms with E-state index >= 15 is 0 Å². The van der Waals surface area contributed by atoms with Crippen molar-refractivity contribution in [3.8, 4) is 0 Å². The van der Waals surface area contributed by atoms with Gasteiger partial charge in [0.1, 0.15) is 5.78 Å². The van der Waals surface area contributed by atoms with Crippen LogP contribution < -0.4 is 0 Å². The molecule has 1 aromatic rings. The first kappa shape index (κ1) is 11.2. The zero-order valence-electron chi connectivity index (χ0n) is 8.22. The molecule has 0 aliphatic heterocycles. The van der Waals surface area contributed by atoms with E-state index in [-0.39, 0.29) is 5.78 Å². The molecule has 0 aromatic heterocycles. The molecule has 1 nitrogen and oxygen atoms in total. The van der Waals surface area contributed by atoms with Crippen LogP contribution >= 0.6 is 15.9 Å². The van der Waals surface area contributed by atoms with Crippen LogP contribution in [0.15, 0.2) is 35.3 Å². The first-order chi connectivity index (χ1) is 6.63. The fourth-order valence-corrected chi connectivity index (χ4v) is 1.78. The third kappa shape index (κ3) is 3.11. The monoisotopic (exact) mass is 252 g/mol. The number of ketones is 1. The van der Waals surface area contributed by atoms with Crippen molar-refractivity contribution in [2.75, 3.05) is 0 Å². The maximum absolute atomic E-state index is 11.4. The van der Waals surface area contributed by atoms with Crippen molar-refractivity contribution in [1.82, 2.24) is 0 Å². The van der Waals surface area contributed by atoms with Crippen molar-refractivity contribution in [3.63, 3.8) is 0 Å². The summed E-state index contributed by atoms with van der Waals surface area (Å²) in [6.45, 7) is 5.57. The normalized spacial score (nSPS) is 9.86. The van der Waals surface area contributed by atoms with Crippen molar-refractivity contribution in [2.24, 2.45) is 0 Å². The van der Waals surface area contributed by atoms with Gasteiger partial charge < -0.3 is 0 Å². The number of aryl methyl sites for hydroxylation is 1. The Hall–Kier alpha value is -0.890. The smallest absolute Gasteiger partial charge is 0.141 e. The number of hydrogen-bond acceptors (Lipinski definition) is 1. The van der Waals surface area contributed by atoms with Gasteiger partial charge in [0.25, 0.3) is 0 Å². The van der Waals surface area contributed by atoms with Crippen molar-refractivity contribution < 1.29 is 4.79 Å². The molecular weight excluding hydrogens is 240 g/mol. The number of carbonyl (C=O) groups excluding carboxylic acids is 1. The molecular formula is C12H13BrO. The number of carbonyl (C=O) groups is 1. The molecule has 1 rings (SSSR count). The standard InChI is InChI=1S/C12H13BrO/c1-3-4-12(14)8-10-5-6-11(13)7-9(10)2/h3,5-7H,1,4,8H2,2H3. The van der Waals surface area contributed by atoms with Crippen molar-refractivity contribution in [1.29, 1.82) is 0 Å². The molecule has 0 saturated carbocycles. The molecule has 0 fully saturated rings. The maximum Gasteiger partial charge on any atom is 0.141 e. The SMILES string of the molecule is C=CCC(=O)Cc1ccc(Br)cc1C. The topological polar surface area (TPSA) is 17.1 Å². The first-order valence-electron chi connectivity index (χ1n) is 4.51. The number of rotatable bonds is 4. The van der Waals surface area contributed by atoms with Crippen LogP contribution in [0.25, 0.3) is 0 Å². The third-order valence-corrected chi connectivity index (χ3v) is 2.56. The van der Waals surface area contributed by atoms with Gasteiger partial charge in [-0.05, 0) is 30.2 Å². The summed E-state index contributed by atoms with van der Waals surface area (Å²) in [5.41, 5.74) is 2.25. The average Bonchev–Trinajstić information content (AvgIpc) is 2.10. The molecule has 0 atom stereocenters. The highest BCUT2D eigenvalue weighted by atomic mass is 79.9. The lowest BCUT2D eigenvalue weighted by Crippen LogP contribution is -2.02. The number of halogens is 1. The largest absolute Gasteiger partial charge is 0.299 e. The predicted octanol–water partition coefficient (Wildman–Crippen LogP) is 3.45. The molecule has 0 saturated heterocycles. The molecule has 14 heavy (non-hydrogen) atoms. The van der Waals surface area contributed by atoms with Gasteiger partial charge in [-0.2, -0.15) is 0 Å². The molecule has 0 heterocycles. The Morgan fingerprint density at radius 2 is 2.29 bits per heavy atom. The van der Waals surface area contributed by atoms with E-state index in [1.807, 2.05) is 25.1 Å². The van der Waals surface area contributed by atoms with Crippen LogP contribution in [-0.4, -0.2) is 5.78 Å². The second kappa shape index (κ2) is 5.11. The Morgan fingerprint density at radius 3 is 2.86 bits per heavy atom. The minimum Gasteiger partial charge on any atom is -0.299 e. The van der Waals surface area contributed by atoms with Gasteiger partial charge in [-0.25, -0.2) is 0 Å². The van der Waals surface area contributed by atoms with Gasteiger partial charge in [0.2, 0.25) is 0 Å². The predicted molar refractivity (Wildman–Crippen MR) is 62.4 cm³/mol. The van der Waals surface area contributed by atoms with E-state index in [1.165, 1.54) is 0 Å². The minimum atomic E-state index is 0.213. The molecule has 2 heteroatoms. The second-order valence-corrected chi connectivity index (χ2v) is 4.19. The summed E-state index contributed by atoms with van der Waals surface area (Å²) >= 11 is 3.39. The lowest BCUT2D eigenvalue weighted by atomic mass is 10.0. The van der Waals surface area contributed by atoms with Crippen LogP contribution in [0, 0.1) is 6.92 Å². The first-order valence-corrected chi connectivity index (χ1v) is 5.30. The van der Waals surface area contributed by atoms with Crippen molar-refractivity contribution in [2.45, 2.75) is 19.8 Å². The van der Waals surface area contributed by atoms with E-state index in [1.54, 1.807) is 6.08 Å². The summed E-state index contributed by atoms with van der Waals surface area (Å²) in [6.07, 6.45) is 2.61. The molecule has 0 N–H and O–H groups in total. The van der Waals surface area contributed by atoms with Gasteiger partial charge in [-0.1, -0.05) is 28.1 Å². The summed E-state index contributed by atoms with van der Waals surface area (Å²) in [6, 6.07) is 5.97. The molecule has 0 aliphatic rings. The summed E-state index contributed by atoms with van der Waals surface area (Å²) < 4.78 is 1.05. The van der Waals surface area contributed by atoms with Crippen molar-refractivity contribution in [3.05, 3.63) is 46.5 Å². The molecule has 1 aromatic carbocycles. The van der Waals surface area contributed by atoms with Crippen LogP contribution in [0.3, 0.4) is 0 Å². The van der Waals surface area contributed by atoms with E-state index in [9.17, 15) is 4.79 Å². The summed E-state index contributed by atoms with van der Waals surface area (Å²) in [5.74, 6) is 0.213. The minimum absolute atomic E-state index is 0.213. The lowest BCUT2D eigenvalue weighted by Gasteiger charge is -2.04. The zero-order valence-corrected chi connectivity index (χ0v) is 9.80. The second-order valence-electron chi connectivity index (χ2n) is 3.28. The summed E-state index contributed by atoms with van der Waals surface area (Å²) in [7, 11) is 0. The van der Waals surface area contributed by atoms with E-state index in [2.05, 4.69) is 22.5 Å². The van der Waals surface area contributed by atoms with Crippen LogP contribution in [0.4, 0.5) is 0 Å². The molecule has 0 amide bonds. The Balaban J connectivity index is 2.76. The molecule has 74 valence electrons. The fraction of sp³-hybridized carbons (Fsp3) is 0.250. The van der Waals surface area contributed by atoms with E-state index < -0.39 is 0 Å². The molecule has 0 unspecified atom stereocenters. The number of benzene rings is 1. The Morgan fingerprint density at radius 1 is 1.57 bits per heavy atom. The summed E-state index contributed by atoms with van der Waals surface area (Å²) in [4.78, 5) is 11.4. The maximum atomic E-state index is 11.4. The lowest BCUT2D eigenvalue weighted by molar-refractivity contribution is -0.117.